The van der Waals surface area contributed by atoms with E-state index in [0.29, 0.717) is 12.1 Å². The number of thioether (sulfide) groups is 1. The van der Waals surface area contributed by atoms with E-state index >= 15 is 0 Å². The van der Waals surface area contributed by atoms with Gasteiger partial charge in [0.1, 0.15) is 5.37 Å². The molecular formula is C18H17BrN2O2S. The lowest BCUT2D eigenvalue weighted by atomic mass is 10.2. The van der Waals surface area contributed by atoms with E-state index in [9.17, 15) is 9.59 Å². The highest BCUT2D eigenvalue weighted by atomic mass is 79.9. The number of nitrogens with one attached hydrogen (secondary N) is 1. The van der Waals surface area contributed by atoms with Gasteiger partial charge in [0.15, 0.2) is 0 Å². The van der Waals surface area contributed by atoms with Crippen molar-refractivity contribution in [2.45, 2.75) is 5.37 Å². The second kappa shape index (κ2) is 7.85. The summed E-state index contributed by atoms with van der Waals surface area (Å²) in [5, 5.41) is 2.72. The Kier molecular flexibility index (Phi) is 5.58. The number of carbonyl (C=O) groups is 2. The molecule has 3 rings (SSSR count). The van der Waals surface area contributed by atoms with Gasteiger partial charge in [-0.2, -0.15) is 0 Å². The Balaban J connectivity index is 1.61. The fraction of sp³-hybridized carbons (Fsp3) is 0.222. The molecule has 2 amide bonds. The second-order valence-electron chi connectivity index (χ2n) is 5.41. The molecule has 1 N–H and O–H groups in total. The van der Waals surface area contributed by atoms with Crippen LogP contribution in [0.4, 0.5) is 0 Å². The number of rotatable bonds is 4. The van der Waals surface area contributed by atoms with Crippen LogP contribution in [0.15, 0.2) is 59.1 Å². The molecule has 1 saturated heterocycles. The summed E-state index contributed by atoms with van der Waals surface area (Å²) in [5.74, 6) is 0.618. The van der Waals surface area contributed by atoms with Gasteiger partial charge in [-0.15, -0.1) is 11.8 Å². The number of benzene rings is 2. The van der Waals surface area contributed by atoms with Gasteiger partial charge < -0.3 is 10.2 Å². The van der Waals surface area contributed by atoms with Gasteiger partial charge in [-0.25, -0.2) is 0 Å². The van der Waals surface area contributed by atoms with Crippen molar-refractivity contribution in [1.82, 2.24) is 10.2 Å². The molecule has 1 aliphatic heterocycles. The predicted octanol–water partition coefficient (Wildman–Crippen LogP) is 3.45. The van der Waals surface area contributed by atoms with Gasteiger partial charge in [0.05, 0.1) is 6.54 Å². The Bertz CT molecular complexity index is 722. The molecule has 0 bridgehead atoms. The highest BCUT2D eigenvalue weighted by Crippen LogP contribution is 2.38. The Morgan fingerprint density at radius 2 is 1.83 bits per heavy atom. The smallest absolute Gasteiger partial charge is 0.251 e. The number of halogens is 1. The summed E-state index contributed by atoms with van der Waals surface area (Å²) in [5.41, 5.74) is 1.66. The number of hydrogen-bond donors (Lipinski definition) is 1. The molecule has 2 aromatic carbocycles. The van der Waals surface area contributed by atoms with E-state index in [-0.39, 0.29) is 23.7 Å². The first-order valence-electron chi connectivity index (χ1n) is 7.65. The van der Waals surface area contributed by atoms with Gasteiger partial charge in [-0.3, -0.25) is 9.59 Å². The van der Waals surface area contributed by atoms with Crippen molar-refractivity contribution in [3.63, 3.8) is 0 Å². The maximum absolute atomic E-state index is 12.5. The number of carbonyl (C=O) groups excluding carboxylic acids is 2. The summed E-state index contributed by atoms with van der Waals surface area (Å²) >= 11 is 5.17. The van der Waals surface area contributed by atoms with Crippen LogP contribution in [-0.4, -0.2) is 35.6 Å². The maximum Gasteiger partial charge on any atom is 0.251 e. The fourth-order valence-electron chi connectivity index (χ4n) is 2.58. The number of nitrogens with zero attached hydrogens (tertiary/aromatic N) is 1. The molecule has 1 heterocycles. The Hall–Kier alpha value is -1.79. The topological polar surface area (TPSA) is 49.4 Å². The van der Waals surface area contributed by atoms with E-state index in [0.717, 1.165) is 15.8 Å². The first-order chi connectivity index (χ1) is 11.6. The lowest BCUT2D eigenvalue weighted by Gasteiger charge is -2.24. The van der Waals surface area contributed by atoms with E-state index < -0.39 is 0 Å². The maximum atomic E-state index is 12.5. The standard InChI is InChI=1S/C18H17BrN2O2S/c19-15-8-6-14(7-9-15)18-21(10-11-24-18)16(22)12-20-17(23)13-4-2-1-3-5-13/h1-9,18H,10-12H2,(H,20,23). The third-order valence-electron chi connectivity index (χ3n) is 3.80. The van der Waals surface area contributed by atoms with E-state index in [4.69, 9.17) is 0 Å². The molecule has 1 unspecified atom stereocenters. The van der Waals surface area contributed by atoms with Crippen molar-refractivity contribution >= 4 is 39.5 Å². The zero-order chi connectivity index (χ0) is 16.9. The molecule has 124 valence electrons. The normalized spacial score (nSPS) is 16.9. The lowest BCUT2D eigenvalue weighted by Crippen LogP contribution is -2.39. The first-order valence-corrected chi connectivity index (χ1v) is 9.49. The monoisotopic (exact) mass is 404 g/mol. The predicted molar refractivity (Wildman–Crippen MR) is 99.8 cm³/mol. The molecule has 0 aliphatic carbocycles. The molecule has 0 aromatic heterocycles. The van der Waals surface area contributed by atoms with Crippen LogP contribution in [-0.2, 0) is 4.79 Å². The van der Waals surface area contributed by atoms with Crippen LogP contribution in [0.1, 0.15) is 21.3 Å². The van der Waals surface area contributed by atoms with E-state index in [2.05, 4.69) is 21.2 Å². The molecule has 6 heteroatoms. The number of hydrogen-bond acceptors (Lipinski definition) is 3. The van der Waals surface area contributed by atoms with Gasteiger partial charge in [-0.1, -0.05) is 46.3 Å². The van der Waals surface area contributed by atoms with Crippen LogP contribution < -0.4 is 5.32 Å². The highest BCUT2D eigenvalue weighted by Gasteiger charge is 2.30. The summed E-state index contributed by atoms with van der Waals surface area (Å²) in [6, 6.07) is 16.9. The third kappa shape index (κ3) is 3.99. The summed E-state index contributed by atoms with van der Waals surface area (Å²) in [7, 11) is 0. The minimum absolute atomic E-state index is 0.0132. The van der Waals surface area contributed by atoms with Crippen LogP contribution >= 0.6 is 27.7 Å². The summed E-state index contributed by atoms with van der Waals surface area (Å²) in [6.07, 6.45) is 0. The fourth-order valence-corrected chi connectivity index (χ4v) is 4.12. The third-order valence-corrected chi connectivity index (χ3v) is 5.59. The first kappa shape index (κ1) is 17.0. The van der Waals surface area contributed by atoms with Crippen LogP contribution in [0.25, 0.3) is 0 Å². The van der Waals surface area contributed by atoms with Crippen LogP contribution in [0, 0.1) is 0 Å². The van der Waals surface area contributed by atoms with Gasteiger partial charge in [0.2, 0.25) is 5.91 Å². The minimum Gasteiger partial charge on any atom is -0.343 e. The van der Waals surface area contributed by atoms with E-state index in [1.807, 2.05) is 35.2 Å². The van der Waals surface area contributed by atoms with E-state index in [1.165, 1.54) is 0 Å². The Morgan fingerprint density at radius 1 is 1.12 bits per heavy atom. The minimum atomic E-state index is -0.226. The summed E-state index contributed by atoms with van der Waals surface area (Å²) < 4.78 is 1.02. The average Bonchev–Trinajstić information content (AvgIpc) is 3.10. The molecule has 1 aliphatic rings. The van der Waals surface area contributed by atoms with Gasteiger partial charge in [0, 0.05) is 22.3 Å². The van der Waals surface area contributed by atoms with Gasteiger partial charge >= 0.3 is 0 Å². The Morgan fingerprint density at radius 3 is 2.54 bits per heavy atom. The largest absolute Gasteiger partial charge is 0.343 e. The molecule has 0 radical (unpaired) electrons. The molecule has 24 heavy (non-hydrogen) atoms. The van der Waals surface area contributed by atoms with Gasteiger partial charge in [0.25, 0.3) is 5.91 Å². The van der Waals surface area contributed by atoms with Crippen LogP contribution in [0.3, 0.4) is 0 Å². The summed E-state index contributed by atoms with van der Waals surface area (Å²) in [4.78, 5) is 26.4. The van der Waals surface area contributed by atoms with Crippen molar-refractivity contribution in [3.05, 3.63) is 70.2 Å². The van der Waals surface area contributed by atoms with Crippen molar-refractivity contribution in [1.29, 1.82) is 0 Å². The van der Waals surface area contributed by atoms with Crippen LogP contribution in [0.5, 0.6) is 0 Å². The summed E-state index contributed by atoms with van der Waals surface area (Å²) in [6.45, 7) is 0.715. The van der Waals surface area contributed by atoms with Crippen molar-refractivity contribution < 1.29 is 9.59 Å². The molecule has 1 fully saturated rings. The van der Waals surface area contributed by atoms with Crippen molar-refractivity contribution in [3.8, 4) is 0 Å². The SMILES string of the molecule is O=C(NCC(=O)N1CCSC1c1ccc(Br)cc1)c1ccccc1. The van der Waals surface area contributed by atoms with Crippen LogP contribution in [0.2, 0.25) is 0 Å². The molecule has 2 aromatic rings. The molecular weight excluding hydrogens is 388 g/mol. The highest BCUT2D eigenvalue weighted by molar-refractivity contribution is 9.10. The zero-order valence-corrected chi connectivity index (χ0v) is 15.3. The molecule has 1 atom stereocenters. The number of amides is 2. The van der Waals surface area contributed by atoms with Gasteiger partial charge in [-0.05, 0) is 29.8 Å². The quantitative estimate of drug-likeness (QED) is 0.848. The molecule has 0 saturated carbocycles. The van der Waals surface area contributed by atoms with Crippen molar-refractivity contribution in [2.24, 2.45) is 0 Å². The Labute approximate surface area is 153 Å². The lowest BCUT2D eigenvalue weighted by molar-refractivity contribution is -0.130. The average molecular weight is 405 g/mol. The molecule has 4 nitrogen and oxygen atoms in total. The second-order valence-corrected chi connectivity index (χ2v) is 7.51. The van der Waals surface area contributed by atoms with Crippen molar-refractivity contribution in [2.75, 3.05) is 18.8 Å². The zero-order valence-electron chi connectivity index (χ0n) is 12.9. The molecule has 0 spiro atoms. The van der Waals surface area contributed by atoms with E-state index in [1.54, 1.807) is 36.0 Å².